The van der Waals surface area contributed by atoms with Gasteiger partial charge in [-0.3, -0.25) is 4.79 Å². The molecule has 6 nitrogen and oxygen atoms in total. The van der Waals surface area contributed by atoms with Crippen LogP contribution in [0.3, 0.4) is 0 Å². The number of benzene rings is 3. The number of ether oxygens (including phenoxy) is 3. The van der Waals surface area contributed by atoms with E-state index < -0.39 is 5.92 Å². The van der Waals surface area contributed by atoms with Crippen molar-refractivity contribution in [3.63, 3.8) is 0 Å². The van der Waals surface area contributed by atoms with Crippen molar-refractivity contribution in [2.45, 2.75) is 6.42 Å². The molecular weight excluding hydrogens is 420 g/mol. The first-order valence-corrected chi connectivity index (χ1v) is 10.3. The van der Waals surface area contributed by atoms with Crippen molar-refractivity contribution in [1.82, 2.24) is 0 Å². The highest BCUT2D eigenvalue weighted by atomic mass is 16.5. The fraction of sp³-hybridized carbons (Fsp3) is 0.148. The van der Waals surface area contributed by atoms with E-state index in [0.717, 1.165) is 23.0 Å². The molecule has 0 saturated carbocycles. The summed E-state index contributed by atoms with van der Waals surface area (Å²) in [5, 5.41) is 0. The molecule has 0 unspecified atom stereocenters. The lowest BCUT2D eigenvalue weighted by Crippen LogP contribution is -2.07. The van der Waals surface area contributed by atoms with E-state index in [-0.39, 0.29) is 0 Å². The first-order chi connectivity index (χ1) is 16.1. The summed E-state index contributed by atoms with van der Waals surface area (Å²) < 4.78 is 16.4. The molecule has 3 aromatic carbocycles. The topological polar surface area (TPSA) is 78.9 Å². The van der Waals surface area contributed by atoms with Crippen molar-refractivity contribution in [2.24, 2.45) is 5.92 Å². The highest BCUT2D eigenvalue weighted by molar-refractivity contribution is 6.13. The van der Waals surface area contributed by atoms with E-state index in [1.54, 1.807) is 62.8 Å². The minimum Gasteiger partial charge on any atom is -0.497 e. The molecule has 0 N–H and O–H groups in total. The maximum absolute atomic E-state index is 11.7. The molecule has 0 bridgehead atoms. The molecule has 0 aliphatic heterocycles. The second kappa shape index (κ2) is 11.4. The van der Waals surface area contributed by atoms with Crippen molar-refractivity contribution in [1.29, 1.82) is 0 Å². The Morgan fingerprint density at radius 1 is 0.758 bits per heavy atom. The number of aldehydes is 3. The second-order valence-electron chi connectivity index (χ2n) is 7.27. The van der Waals surface area contributed by atoms with Crippen LogP contribution in [0.15, 0.2) is 66.7 Å². The van der Waals surface area contributed by atoms with Crippen molar-refractivity contribution in [3.05, 3.63) is 83.4 Å². The van der Waals surface area contributed by atoms with E-state index in [0.29, 0.717) is 47.6 Å². The van der Waals surface area contributed by atoms with Crippen LogP contribution >= 0.6 is 0 Å². The van der Waals surface area contributed by atoms with Gasteiger partial charge in [0.2, 0.25) is 0 Å². The van der Waals surface area contributed by atoms with E-state index in [9.17, 15) is 14.4 Å². The molecule has 3 aromatic rings. The molecule has 0 saturated heterocycles. The summed E-state index contributed by atoms with van der Waals surface area (Å²) in [6.07, 6.45) is 4.21. The Hall–Kier alpha value is -4.19. The molecule has 0 fully saturated rings. The number of allylic oxidation sites excluding steroid dienone is 1. The molecule has 3 rings (SSSR count). The summed E-state index contributed by atoms with van der Waals surface area (Å²) in [5.41, 5.74) is 2.89. The summed E-state index contributed by atoms with van der Waals surface area (Å²) in [4.78, 5) is 33.4. The van der Waals surface area contributed by atoms with Crippen LogP contribution in [0.1, 0.15) is 16.7 Å². The third-order valence-corrected chi connectivity index (χ3v) is 4.99. The van der Waals surface area contributed by atoms with Gasteiger partial charge in [-0.25, -0.2) is 0 Å². The first-order valence-electron chi connectivity index (χ1n) is 10.3. The molecular formula is C27H24O6. The van der Waals surface area contributed by atoms with Crippen LogP contribution in [-0.4, -0.2) is 33.1 Å². The Bertz CT molecular complexity index is 1100. The molecule has 33 heavy (non-hydrogen) atoms. The highest BCUT2D eigenvalue weighted by Gasteiger charge is 2.08. The van der Waals surface area contributed by atoms with Crippen molar-refractivity contribution in [2.75, 3.05) is 14.2 Å². The van der Waals surface area contributed by atoms with Crippen LogP contribution in [0.25, 0.3) is 11.6 Å². The Morgan fingerprint density at radius 2 is 1.30 bits per heavy atom. The van der Waals surface area contributed by atoms with Gasteiger partial charge in [-0.15, -0.1) is 0 Å². The monoisotopic (exact) mass is 444 g/mol. The number of hydrogen-bond donors (Lipinski definition) is 0. The normalized spacial score (nSPS) is 11.1. The van der Waals surface area contributed by atoms with Gasteiger partial charge in [0, 0.05) is 11.6 Å². The van der Waals surface area contributed by atoms with Crippen LogP contribution < -0.4 is 14.2 Å². The van der Waals surface area contributed by atoms with Gasteiger partial charge >= 0.3 is 0 Å². The van der Waals surface area contributed by atoms with Crippen molar-refractivity contribution in [3.8, 4) is 23.0 Å². The zero-order valence-electron chi connectivity index (χ0n) is 18.4. The summed E-state index contributed by atoms with van der Waals surface area (Å²) in [6.45, 7) is 0. The average molecular weight is 444 g/mol. The van der Waals surface area contributed by atoms with Crippen LogP contribution in [0, 0.1) is 5.92 Å². The van der Waals surface area contributed by atoms with Crippen LogP contribution in [0.4, 0.5) is 0 Å². The Morgan fingerprint density at radius 3 is 1.79 bits per heavy atom. The predicted molar refractivity (Wildman–Crippen MR) is 126 cm³/mol. The lowest BCUT2D eigenvalue weighted by Gasteiger charge is -2.09. The van der Waals surface area contributed by atoms with E-state index in [4.69, 9.17) is 14.2 Å². The maximum atomic E-state index is 11.7. The molecule has 0 aromatic heterocycles. The van der Waals surface area contributed by atoms with Crippen LogP contribution in [0.5, 0.6) is 23.0 Å². The van der Waals surface area contributed by atoms with Crippen LogP contribution in [0.2, 0.25) is 0 Å². The van der Waals surface area contributed by atoms with Crippen molar-refractivity contribution >= 4 is 30.5 Å². The summed E-state index contributed by atoms with van der Waals surface area (Å²) in [5.74, 6) is 1.86. The van der Waals surface area contributed by atoms with Gasteiger partial charge in [0.15, 0.2) is 6.29 Å². The molecule has 168 valence electrons. The fourth-order valence-corrected chi connectivity index (χ4v) is 3.22. The summed E-state index contributed by atoms with van der Waals surface area (Å²) in [7, 11) is 3.14. The van der Waals surface area contributed by atoms with Gasteiger partial charge in [0.25, 0.3) is 0 Å². The second-order valence-corrected chi connectivity index (χ2v) is 7.27. The van der Waals surface area contributed by atoms with Gasteiger partial charge < -0.3 is 23.8 Å². The lowest BCUT2D eigenvalue weighted by molar-refractivity contribution is -0.119. The Kier molecular flexibility index (Phi) is 8.13. The van der Waals surface area contributed by atoms with E-state index in [2.05, 4.69) is 0 Å². The molecule has 0 heterocycles. The molecule has 6 heteroatoms. The average Bonchev–Trinajstić information content (AvgIpc) is 2.87. The summed E-state index contributed by atoms with van der Waals surface area (Å²) >= 11 is 0. The first kappa shape index (κ1) is 23.5. The highest BCUT2D eigenvalue weighted by Crippen LogP contribution is 2.27. The molecule has 0 aliphatic carbocycles. The standard InChI is InChI=1S/C27H24O6/c1-31-26-13-20(14-27(15-26)32-2)12-23(18-30)22-5-9-25(10-6-22)33-24-7-3-19(4-8-24)11-21(16-28)17-29/h3-10,12-18,21H,11H2,1-2H3/b23-12-. The molecule has 0 atom stereocenters. The van der Waals surface area contributed by atoms with Gasteiger partial charge in [-0.1, -0.05) is 24.3 Å². The van der Waals surface area contributed by atoms with Gasteiger partial charge in [-0.2, -0.15) is 0 Å². The number of carbonyl (C=O) groups is 3. The SMILES string of the molecule is COc1cc(/C=C(/C=O)c2ccc(Oc3ccc(CC(C=O)C=O)cc3)cc2)cc(OC)c1. The van der Waals surface area contributed by atoms with Crippen molar-refractivity contribution < 1.29 is 28.6 Å². The molecule has 0 radical (unpaired) electrons. The minimum atomic E-state index is -0.637. The fourth-order valence-electron chi connectivity index (χ4n) is 3.22. The molecule has 0 spiro atoms. The maximum Gasteiger partial charge on any atom is 0.150 e. The zero-order valence-corrected chi connectivity index (χ0v) is 18.4. The smallest absolute Gasteiger partial charge is 0.150 e. The molecule has 0 amide bonds. The minimum absolute atomic E-state index is 0.363. The lowest BCUT2D eigenvalue weighted by atomic mass is 10.0. The number of carbonyl (C=O) groups excluding carboxylic acids is 3. The van der Waals surface area contributed by atoms with E-state index in [1.165, 1.54) is 0 Å². The number of methoxy groups -OCH3 is 2. The third-order valence-electron chi connectivity index (χ3n) is 4.99. The van der Waals surface area contributed by atoms with E-state index in [1.807, 2.05) is 24.3 Å². The predicted octanol–water partition coefficient (Wildman–Crippen LogP) is 4.79. The van der Waals surface area contributed by atoms with Crippen LogP contribution in [-0.2, 0) is 20.8 Å². The zero-order chi connectivity index (χ0) is 23.6. The Labute approximate surface area is 192 Å². The van der Waals surface area contributed by atoms with Gasteiger partial charge in [0.05, 0.1) is 20.1 Å². The third kappa shape index (κ3) is 6.40. The largest absolute Gasteiger partial charge is 0.497 e. The van der Waals surface area contributed by atoms with Gasteiger partial charge in [-0.05, 0) is 65.6 Å². The van der Waals surface area contributed by atoms with E-state index >= 15 is 0 Å². The number of rotatable bonds is 11. The quantitative estimate of drug-likeness (QED) is 0.183. The number of hydrogen-bond acceptors (Lipinski definition) is 6. The summed E-state index contributed by atoms with van der Waals surface area (Å²) in [6, 6.07) is 19.8. The molecule has 0 aliphatic rings. The Balaban J connectivity index is 1.73. The van der Waals surface area contributed by atoms with Gasteiger partial charge in [0.1, 0.15) is 35.6 Å².